The Kier molecular flexibility index (Phi) is 4.80. The first-order valence-electron chi connectivity index (χ1n) is 7.25. The first-order valence-corrected chi connectivity index (χ1v) is 7.25. The molecule has 1 aromatic carbocycles. The standard InChI is InChI=1S/C15H22N4O2/c1-3-15(9-4-10-17-15)13(20)18-11-5-7-12(8-6-11)19-14(21)16-2/h5-8,17H,3-4,9-10H2,1-2H3,(H,18,20)(H2,16,19,21). The minimum absolute atomic E-state index is 0.00881. The summed E-state index contributed by atoms with van der Waals surface area (Å²) in [5, 5.41) is 11.4. The van der Waals surface area contributed by atoms with Crippen molar-refractivity contribution < 1.29 is 9.59 Å². The summed E-state index contributed by atoms with van der Waals surface area (Å²) in [6, 6.07) is 6.80. The van der Waals surface area contributed by atoms with Crippen LogP contribution in [0.15, 0.2) is 24.3 Å². The fraction of sp³-hybridized carbons (Fsp3) is 0.467. The van der Waals surface area contributed by atoms with Crippen LogP contribution in [0.4, 0.5) is 16.2 Å². The molecule has 0 saturated carbocycles. The van der Waals surface area contributed by atoms with E-state index in [0.29, 0.717) is 5.69 Å². The van der Waals surface area contributed by atoms with E-state index in [9.17, 15) is 9.59 Å². The number of nitrogens with one attached hydrogen (secondary N) is 4. The van der Waals surface area contributed by atoms with Gasteiger partial charge >= 0.3 is 6.03 Å². The second kappa shape index (κ2) is 6.58. The van der Waals surface area contributed by atoms with Crippen LogP contribution in [-0.2, 0) is 4.79 Å². The third-order valence-corrected chi connectivity index (χ3v) is 3.91. The van der Waals surface area contributed by atoms with Crippen molar-refractivity contribution in [3.8, 4) is 0 Å². The number of hydrogen-bond donors (Lipinski definition) is 4. The molecule has 2 rings (SSSR count). The molecule has 114 valence electrons. The minimum atomic E-state index is -0.445. The second-order valence-electron chi connectivity index (χ2n) is 5.20. The average Bonchev–Trinajstić information content (AvgIpc) is 2.99. The molecule has 1 aliphatic rings. The maximum absolute atomic E-state index is 12.4. The van der Waals surface area contributed by atoms with Crippen LogP contribution in [0.2, 0.25) is 0 Å². The van der Waals surface area contributed by atoms with Gasteiger partial charge in [0.05, 0.1) is 5.54 Å². The molecule has 0 radical (unpaired) electrons. The van der Waals surface area contributed by atoms with Crippen molar-refractivity contribution >= 4 is 23.3 Å². The summed E-state index contributed by atoms with van der Waals surface area (Å²) in [5.41, 5.74) is 0.958. The van der Waals surface area contributed by atoms with E-state index in [1.54, 1.807) is 31.3 Å². The number of rotatable bonds is 4. The number of carbonyl (C=O) groups is 2. The third kappa shape index (κ3) is 3.52. The summed E-state index contributed by atoms with van der Waals surface area (Å²) < 4.78 is 0. The molecule has 1 saturated heterocycles. The Balaban J connectivity index is 1.99. The largest absolute Gasteiger partial charge is 0.341 e. The quantitative estimate of drug-likeness (QED) is 0.683. The summed E-state index contributed by atoms with van der Waals surface area (Å²) in [7, 11) is 1.56. The topological polar surface area (TPSA) is 82.3 Å². The first-order chi connectivity index (χ1) is 10.1. The van der Waals surface area contributed by atoms with Crippen LogP contribution in [0, 0.1) is 0 Å². The Bertz CT molecular complexity index is 507. The van der Waals surface area contributed by atoms with E-state index < -0.39 is 5.54 Å². The molecule has 1 heterocycles. The minimum Gasteiger partial charge on any atom is -0.341 e. The first kappa shape index (κ1) is 15.3. The Morgan fingerprint density at radius 2 is 1.81 bits per heavy atom. The molecule has 0 aromatic heterocycles. The third-order valence-electron chi connectivity index (χ3n) is 3.91. The maximum Gasteiger partial charge on any atom is 0.318 e. The molecule has 6 nitrogen and oxygen atoms in total. The Morgan fingerprint density at radius 1 is 1.19 bits per heavy atom. The van der Waals surface area contributed by atoms with Gasteiger partial charge in [-0.1, -0.05) is 6.92 Å². The molecule has 6 heteroatoms. The van der Waals surface area contributed by atoms with Crippen molar-refractivity contribution in [1.29, 1.82) is 0 Å². The zero-order valence-electron chi connectivity index (χ0n) is 12.5. The van der Waals surface area contributed by atoms with Gasteiger partial charge in [-0.25, -0.2) is 4.79 Å². The lowest BCUT2D eigenvalue weighted by molar-refractivity contribution is -0.122. The molecular formula is C15H22N4O2. The zero-order chi connectivity index (χ0) is 15.3. The van der Waals surface area contributed by atoms with Crippen LogP contribution in [0.3, 0.4) is 0 Å². The van der Waals surface area contributed by atoms with Crippen LogP contribution in [0.5, 0.6) is 0 Å². The van der Waals surface area contributed by atoms with Gasteiger partial charge in [0, 0.05) is 18.4 Å². The van der Waals surface area contributed by atoms with Gasteiger partial charge in [0.1, 0.15) is 0 Å². The zero-order valence-corrected chi connectivity index (χ0v) is 12.5. The highest BCUT2D eigenvalue weighted by Crippen LogP contribution is 2.25. The molecule has 0 spiro atoms. The van der Waals surface area contributed by atoms with Crippen LogP contribution in [-0.4, -0.2) is 31.1 Å². The lowest BCUT2D eigenvalue weighted by atomic mass is 9.93. The molecule has 0 bridgehead atoms. The maximum atomic E-state index is 12.4. The number of benzene rings is 1. The molecule has 1 fully saturated rings. The molecule has 1 aliphatic heterocycles. The van der Waals surface area contributed by atoms with Gasteiger partial charge in [0.2, 0.25) is 5.91 Å². The van der Waals surface area contributed by atoms with Gasteiger partial charge in [0.25, 0.3) is 0 Å². The van der Waals surface area contributed by atoms with Crippen molar-refractivity contribution in [2.45, 2.75) is 31.7 Å². The number of amides is 3. The van der Waals surface area contributed by atoms with E-state index in [4.69, 9.17) is 0 Å². The number of hydrogen-bond acceptors (Lipinski definition) is 3. The summed E-state index contributed by atoms with van der Waals surface area (Å²) in [5.74, 6) is 0.00881. The van der Waals surface area contributed by atoms with Gasteiger partial charge in [0.15, 0.2) is 0 Å². The van der Waals surface area contributed by atoms with Gasteiger partial charge in [-0.2, -0.15) is 0 Å². The van der Waals surface area contributed by atoms with E-state index in [1.165, 1.54) is 0 Å². The number of urea groups is 1. The predicted molar refractivity (Wildman–Crippen MR) is 83.4 cm³/mol. The van der Waals surface area contributed by atoms with E-state index in [1.807, 2.05) is 6.92 Å². The molecule has 0 aliphatic carbocycles. The molecule has 1 unspecified atom stereocenters. The van der Waals surface area contributed by atoms with E-state index in [0.717, 1.165) is 31.5 Å². The summed E-state index contributed by atoms with van der Waals surface area (Å²) in [6.45, 7) is 2.91. The molecule has 21 heavy (non-hydrogen) atoms. The fourth-order valence-electron chi connectivity index (χ4n) is 2.54. The van der Waals surface area contributed by atoms with Crippen LogP contribution >= 0.6 is 0 Å². The highest BCUT2D eigenvalue weighted by molar-refractivity contribution is 5.98. The van der Waals surface area contributed by atoms with Crippen molar-refractivity contribution in [1.82, 2.24) is 10.6 Å². The van der Waals surface area contributed by atoms with Crippen molar-refractivity contribution in [2.24, 2.45) is 0 Å². The second-order valence-corrected chi connectivity index (χ2v) is 5.20. The molecular weight excluding hydrogens is 268 g/mol. The highest BCUT2D eigenvalue weighted by Gasteiger charge is 2.38. The van der Waals surface area contributed by atoms with Crippen molar-refractivity contribution in [3.05, 3.63) is 24.3 Å². The lowest BCUT2D eigenvalue weighted by Crippen LogP contribution is -2.50. The van der Waals surface area contributed by atoms with Crippen LogP contribution in [0.25, 0.3) is 0 Å². The monoisotopic (exact) mass is 290 g/mol. The summed E-state index contributed by atoms with van der Waals surface area (Å²) in [6.07, 6.45) is 2.66. The van der Waals surface area contributed by atoms with Crippen molar-refractivity contribution in [2.75, 3.05) is 24.2 Å². The van der Waals surface area contributed by atoms with Crippen molar-refractivity contribution in [3.63, 3.8) is 0 Å². The number of anilines is 2. The molecule has 3 amide bonds. The van der Waals surface area contributed by atoms with Gasteiger partial charge in [-0.05, 0) is 50.1 Å². The van der Waals surface area contributed by atoms with Gasteiger partial charge in [-0.15, -0.1) is 0 Å². The molecule has 4 N–H and O–H groups in total. The predicted octanol–water partition coefficient (Wildman–Crippen LogP) is 1.91. The Labute approximate surface area is 124 Å². The van der Waals surface area contributed by atoms with Crippen LogP contribution in [0.1, 0.15) is 26.2 Å². The van der Waals surface area contributed by atoms with Gasteiger partial charge in [-0.3, -0.25) is 4.79 Å². The molecule has 1 atom stereocenters. The smallest absolute Gasteiger partial charge is 0.318 e. The van der Waals surface area contributed by atoms with Crippen LogP contribution < -0.4 is 21.3 Å². The van der Waals surface area contributed by atoms with Gasteiger partial charge < -0.3 is 21.3 Å². The SMILES string of the molecule is CCC1(C(=O)Nc2ccc(NC(=O)NC)cc2)CCCN1. The molecule has 1 aromatic rings. The van der Waals surface area contributed by atoms with E-state index in [-0.39, 0.29) is 11.9 Å². The fourth-order valence-corrected chi connectivity index (χ4v) is 2.54. The highest BCUT2D eigenvalue weighted by atomic mass is 16.2. The number of carbonyl (C=O) groups excluding carboxylic acids is 2. The lowest BCUT2D eigenvalue weighted by Gasteiger charge is -2.26. The average molecular weight is 290 g/mol. The van der Waals surface area contributed by atoms with E-state index in [2.05, 4.69) is 21.3 Å². The Hall–Kier alpha value is -2.08. The summed E-state index contributed by atoms with van der Waals surface area (Å²) >= 11 is 0. The summed E-state index contributed by atoms with van der Waals surface area (Å²) in [4.78, 5) is 23.6. The Morgan fingerprint density at radius 3 is 2.29 bits per heavy atom. The normalized spacial score (nSPS) is 20.9. The van der Waals surface area contributed by atoms with E-state index >= 15 is 0 Å².